The fourth-order valence-electron chi connectivity index (χ4n) is 3.25. The molecule has 2 aliphatic heterocycles. The Hall–Kier alpha value is -2.29. The number of hydrogen-bond acceptors (Lipinski definition) is 5. The van der Waals surface area contributed by atoms with E-state index in [2.05, 4.69) is 0 Å². The van der Waals surface area contributed by atoms with Crippen molar-refractivity contribution in [2.75, 3.05) is 32.8 Å². The van der Waals surface area contributed by atoms with Gasteiger partial charge in [0.2, 0.25) is 16.1 Å². The van der Waals surface area contributed by atoms with E-state index in [9.17, 15) is 13.2 Å². The molecule has 2 heterocycles. The van der Waals surface area contributed by atoms with Crippen molar-refractivity contribution in [3.8, 4) is 11.5 Å². The van der Waals surface area contributed by atoms with Crippen molar-refractivity contribution in [3.63, 3.8) is 0 Å². The average molecular weight is 423 g/mol. The molecule has 2 aromatic rings. The summed E-state index contributed by atoms with van der Waals surface area (Å²) in [6.07, 6.45) is -0.727. The number of amides is 1. The number of halogens is 1. The van der Waals surface area contributed by atoms with Crippen molar-refractivity contribution in [2.24, 2.45) is 0 Å². The minimum Gasteiger partial charge on any atom is -0.485 e. The molecule has 1 amide bonds. The fraction of sp³-hybridized carbons (Fsp3) is 0.316. The van der Waals surface area contributed by atoms with Gasteiger partial charge in [0.1, 0.15) is 6.61 Å². The van der Waals surface area contributed by atoms with E-state index in [1.807, 2.05) is 12.1 Å². The molecular weight excluding hydrogens is 404 g/mol. The molecule has 1 saturated heterocycles. The lowest BCUT2D eigenvalue weighted by Crippen LogP contribution is -2.55. The lowest BCUT2D eigenvalue weighted by atomic mass is 10.2. The van der Waals surface area contributed by atoms with E-state index in [0.717, 1.165) is 0 Å². The van der Waals surface area contributed by atoms with Crippen LogP contribution in [0.5, 0.6) is 11.5 Å². The first-order valence-corrected chi connectivity index (χ1v) is 10.7. The molecular formula is C19H19ClN2O5S. The van der Waals surface area contributed by atoms with Gasteiger partial charge in [0, 0.05) is 31.2 Å². The Balaban J connectivity index is 1.39. The van der Waals surface area contributed by atoms with Crippen LogP contribution in [0.4, 0.5) is 0 Å². The number of benzene rings is 2. The molecule has 28 heavy (non-hydrogen) atoms. The second-order valence-electron chi connectivity index (χ2n) is 6.55. The highest BCUT2D eigenvalue weighted by atomic mass is 35.5. The van der Waals surface area contributed by atoms with Crippen molar-refractivity contribution in [1.29, 1.82) is 0 Å². The molecule has 2 aromatic carbocycles. The third kappa shape index (κ3) is 3.67. The summed E-state index contributed by atoms with van der Waals surface area (Å²) in [6.45, 7) is 1.18. The molecule has 4 rings (SSSR count). The van der Waals surface area contributed by atoms with E-state index in [1.54, 1.807) is 29.2 Å². The Labute approximate surface area is 168 Å². The highest BCUT2D eigenvalue weighted by Crippen LogP contribution is 2.31. The monoisotopic (exact) mass is 422 g/mol. The van der Waals surface area contributed by atoms with Crippen LogP contribution >= 0.6 is 11.6 Å². The Morgan fingerprint density at radius 2 is 1.61 bits per heavy atom. The maximum Gasteiger partial charge on any atom is 0.267 e. The summed E-state index contributed by atoms with van der Waals surface area (Å²) in [4.78, 5) is 14.6. The van der Waals surface area contributed by atoms with E-state index in [4.69, 9.17) is 21.1 Å². The number of carbonyl (C=O) groups excluding carboxylic acids is 1. The van der Waals surface area contributed by atoms with Gasteiger partial charge >= 0.3 is 0 Å². The van der Waals surface area contributed by atoms with Crippen LogP contribution in [0.2, 0.25) is 5.02 Å². The quantitative estimate of drug-likeness (QED) is 0.756. The molecule has 0 bridgehead atoms. The van der Waals surface area contributed by atoms with Crippen LogP contribution in [0.1, 0.15) is 0 Å². The van der Waals surface area contributed by atoms with E-state index in [1.165, 1.54) is 16.4 Å². The molecule has 0 saturated carbocycles. The molecule has 0 radical (unpaired) electrons. The summed E-state index contributed by atoms with van der Waals surface area (Å²) < 4.78 is 38.2. The third-order valence-corrected chi connectivity index (χ3v) is 6.95. The number of para-hydroxylation sites is 2. The number of ether oxygens (including phenoxy) is 2. The first kappa shape index (κ1) is 19.0. The zero-order valence-electron chi connectivity index (χ0n) is 15.0. The number of sulfonamides is 1. The molecule has 2 aliphatic rings. The molecule has 7 nitrogen and oxygen atoms in total. The summed E-state index contributed by atoms with van der Waals surface area (Å²) in [5.74, 6) is 0.958. The minimum atomic E-state index is -3.61. The van der Waals surface area contributed by atoms with Crippen LogP contribution in [-0.4, -0.2) is 62.4 Å². The largest absolute Gasteiger partial charge is 0.485 e. The van der Waals surface area contributed by atoms with Gasteiger partial charge in [0.15, 0.2) is 11.5 Å². The Kier molecular flexibility index (Phi) is 5.18. The fourth-order valence-corrected chi connectivity index (χ4v) is 4.80. The normalized spacial score (nSPS) is 20.0. The number of nitrogens with zero attached hydrogens (tertiary/aromatic N) is 2. The molecule has 9 heteroatoms. The lowest BCUT2D eigenvalue weighted by Gasteiger charge is -2.36. The van der Waals surface area contributed by atoms with Crippen LogP contribution in [0.25, 0.3) is 0 Å². The van der Waals surface area contributed by atoms with Crippen LogP contribution in [0, 0.1) is 0 Å². The molecule has 0 aromatic heterocycles. The van der Waals surface area contributed by atoms with Gasteiger partial charge in [-0.15, -0.1) is 0 Å². The smallest absolute Gasteiger partial charge is 0.267 e. The predicted octanol–water partition coefficient (Wildman–Crippen LogP) is 2.01. The first-order chi connectivity index (χ1) is 13.4. The van der Waals surface area contributed by atoms with Gasteiger partial charge in [-0.3, -0.25) is 4.79 Å². The van der Waals surface area contributed by atoms with Crippen LogP contribution in [-0.2, 0) is 14.8 Å². The van der Waals surface area contributed by atoms with Gasteiger partial charge < -0.3 is 14.4 Å². The minimum absolute atomic E-state index is 0.138. The van der Waals surface area contributed by atoms with Gasteiger partial charge in [0.25, 0.3) is 5.91 Å². The molecule has 1 unspecified atom stereocenters. The maximum atomic E-state index is 12.8. The van der Waals surface area contributed by atoms with Gasteiger partial charge in [-0.1, -0.05) is 23.7 Å². The van der Waals surface area contributed by atoms with Crippen molar-refractivity contribution >= 4 is 27.5 Å². The van der Waals surface area contributed by atoms with Crippen LogP contribution in [0.3, 0.4) is 0 Å². The second-order valence-corrected chi connectivity index (χ2v) is 8.92. The number of carbonyl (C=O) groups is 1. The van der Waals surface area contributed by atoms with Gasteiger partial charge in [-0.25, -0.2) is 8.42 Å². The van der Waals surface area contributed by atoms with E-state index in [0.29, 0.717) is 29.6 Å². The third-order valence-electron chi connectivity index (χ3n) is 4.79. The molecule has 148 valence electrons. The summed E-state index contributed by atoms with van der Waals surface area (Å²) in [7, 11) is -3.61. The Morgan fingerprint density at radius 1 is 0.964 bits per heavy atom. The topological polar surface area (TPSA) is 76.2 Å². The summed E-state index contributed by atoms with van der Waals surface area (Å²) in [5, 5.41) is 0.477. The van der Waals surface area contributed by atoms with E-state index in [-0.39, 0.29) is 30.5 Å². The van der Waals surface area contributed by atoms with Gasteiger partial charge in [0.05, 0.1) is 4.90 Å². The maximum absolute atomic E-state index is 12.8. The van der Waals surface area contributed by atoms with Crippen molar-refractivity contribution in [2.45, 2.75) is 11.0 Å². The zero-order chi connectivity index (χ0) is 19.7. The summed E-state index contributed by atoms with van der Waals surface area (Å²) >= 11 is 5.83. The van der Waals surface area contributed by atoms with Gasteiger partial charge in [-0.2, -0.15) is 4.31 Å². The first-order valence-electron chi connectivity index (χ1n) is 8.88. The Bertz CT molecular complexity index is 972. The average Bonchev–Trinajstić information content (AvgIpc) is 2.73. The van der Waals surface area contributed by atoms with Crippen molar-refractivity contribution in [1.82, 2.24) is 9.21 Å². The van der Waals surface area contributed by atoms with E-state index >= 15 is 0 Å². The number of hydrogen-bond donors (Lipinski definition) is 0. The van der Waals surface area contributed by atoms with Crippen molar-refractivity contribution < 1.29 is 22.7 Å². The number of piperazine rings is 1. The number of fused-ring (bicyclic) bond motifs is 1. The van der Waals surface area contributed by atoms with Gasteiger partial charge in [-0.05, 0) is 36.4 Å². The predicted molar refractivity (Wildman–Crippen MR) is 103 cm³/mol. The summed E-state index contributed by atoms with van der Waals surface area (Å²) in [5.41, 5.74) is 0. The number of rotatable bonds is 3. The molecule has 1 atom stereocenters. The highest BCUT2D eigenvalue weighted by Gasteiger charge is 2.35. The highest BCUT2D eigenvalue weighted by molar-refractivity contribution is 7.89. The standard InChI is InChI=1S/C19H19ClN2O5S/c20-14-5-7-15(8-6-14)28(24,25)22-11-9-21(10-12-22)19(23)18-13-26-16-3-1-2-4-17(16)27-18/h1-8,18H,9-13H2. The molecule has 0 spiro atoms. The van der Waals surface area contributed by atoms with E-state index < -0.39 is 16.1 Å². The molecule has 0 N–H and O–H groups in total. The lowest BCUT2D eigenvalue weighted by molar-refractivity contribution is -0.142. The zero-order valence-corrected chi connectivity index (χ0v) is 16.5. The van der Waals surface area contributed by atoms with Crippen LogP contribution in [0.15, 0.2) is 53.4 Å². The Morgan fingerprint density at radius 3 is 2.29 bits per heavy atom. The molecule has 0 aliphatic carbocycles. The van der Waals surface area contributed by atoms with Crippen molar-refractivity contribution in [3.05, 3.63) is 53.6 Å². The molecule has 1 fully saturated rings. The van der Waals surface area contributed by atoms with Crippen LogP contribution < -0.4 is 9.47 Å². The second kappa shape index (κ2) is 7.62. The SMILES string of the molecule is O=C(C1COc2ccccc2O1)N1CCN(S(=O)(=O)c2ccc(Cl)cc2)CC1. The summed E-state index contributed by atoms with van der Waals surface area (Å²) in [6, 6.07) is 13.3.